The first-order valence-electron chi connectivity index (χ1n) is 7.59. The molecule has 0 spiro atoms. The topological polar surface area (TPSA) is 61.4 Å². The molecule has 1 saturated carbocycles. The van der Waals surface area contributed by atoms with Crippen molar-refractivity contribution in [1.82, 2.24) is 10.6 Å². The molecule has 0 unspecified atom stereocenters. The van der Waals surface area contributed by atoms with Crippen molar-refractivity contribution in [2.45, 2.75) is 38.2 Å². The molecular formula is C16H23FN2O2. The first-order chi connectivity index (χ1) is 10.1. The first kappa shape index (κ1) is 15.8. The number of hydrogen-bond acceptors (Lipinski definition) is 2. The van der Waals surface area contributed by atoms with E-state index in [1.165, 1.54) is 12.1 Å². The van der Waals surface area contributed by atoms with Gasteiger partial charge in [-0.2, -0.15) is 0 Å². The van der Waals surface area contributed by atoms with Gasteiger partial charge in [0.2, 0.25) is 0 Å². The lowest BCUT2D eigenvalue weighted by atomic mass is 10.1. The van der Waals surface area contributed by atoms with Crippen LogP contribution in [0.15, 0.2) is 24.3 Å². The van der Waals surface area contributed by atoms with E-state index in [1.54, 1.807) is 6.07 Å². The Balaban J connectivity index is 1.57. The number of carbonyl (C=O) groups is 1. The lowest BCUT2D eigenvalue weighted by Crippen LogP contribution is -2.40. The third kappa shape index (κ3) is 5.34. The zero-order chi connectivity index (χ0) is 15.1. The molecule has 1 aromatic carbocycles. The molecule has 3 N–H and O–H groups in total. The maximum absolute atomic E-state index is 13.0. The normalized spacial score (nSPS) is 21.2. The molecule has 4 nitrogen and oxygen atoms in total. The van der Waals surface area contributed by atoms with Gasteiger partial charge in [0, 0.05) is 19.0 Å². The fourth-order valence-electron chi connectivity index (χ4n) is 2.73. The molecule has 1 fully saturated rings. The average molecular weight is 294 g/mol. The van der Waals surface area contributed by atoms with Crippen molar-refractivity contribution in [1.29, 1.82) is 0 Å². The summed E-state index contributed by atoms with van der Waals surface area (Å²) >= 11 is 0. The van der Waals surface area contributed by atoms with Crippen LogP contribution in [-0.2, 0) is 6.42 Å². The van der Waals surface area contributed by atoms with Gasteiger partial charge in [-0.3, -0.25) is 0 Å². The number of aryl methyl sites for hydroxylation is 1. The highest BCUT2D eigenvalue weighted by molar-refractivity contribution is 5.73. The van der Waals surface area contributed by atoms with Crippen LogP contribution in [0.25, 0.3) is 0 Å². The molecule has 1 aliphatic carbocycles. The molecule has 0 aliphatic heterocycles. The molecule has 2 rings (SSSR count). The molecule has 2 atom stereocenters. The maximum Gasteiger partial charge on any atom is 0.314 e. The highest BCUT2D eigenvalue weighted by Gasteiger charge is 2.25. The van der Waals surface area contributed by atoms with Crippen LogP contribution in [0.2, 0.25) is 0 Å². The van der Waals surface area contributed by atoms with E-state index < -0.39 is 0 Å². The van der Waals surface area contributed by atoms with E-state index in [0.29, 0.717) is 13.1 Å². The first-order valence-corrected chi connectivity index (χ1v) is 7.59. The van der Waals surface area contributed by atoms with Gasteiger partial charge in [-0.1, -0.05) is 18.6 Å². The lowest BCUT2D eigenvalue weighted by Gasteiger charge is -2.15. The fourth-order valence-corrected chi connectivity index (χ4v) is 2.73. The predicted molar refractivity (Wildman–Crippen MR) is 79.5 cm³/mol. The van der Waals surface area contributed by atoms with Crippen molar-refractivity contribution in [3.8, 4) is 0 Å². The van der Waals surface area contributed by atoms with E-state index in [4.69, 9.17) is 0 Å². The Morgan fingerprint density at radius 3 is 2.90 bits per heavy atom. The summed E-state index contributed by atoms with van der Waals surface area (Å²) in [7, 11) is 0. The summed E-state index contributed by atoms with van der Waals surface area (Å²) < 4.78 is 13.0. The Labute approximate surface area is 124 Å². The van der Waals surface area contributed by atoms with E-state index >= 15 is 0 Å². The van der Waals surface area contributed by atoms with Gasteiger partial charge < -0.3 is 15.7 Å². The zero-order valence-electron chi connectivity index (χ0n) is 12.1. The van der Waals surface area contributed by atoms with Crippen LogP contribution in [0.1, 0.15) is 31.2 Å². The molecule has 5 heteroatoms. The van der Waals surface area contributed by atoms with Crippen LogP contribution in [-0.4, -0.2) is 30.3 Å². The minimum atomic E-state index is -0.279. The molecule has 0 aromatic heterocycles. The van der Waals surface area contributed by atoms with Gasteiger partial charge in [0.25, 0.3) is 0 Å². The third-order valence-electron chi connectivity index (χ3n) is 3.96. The number of benzene rings is 1. The summed E-state index contributed by atoms with van der Waals surface area (Å²) in [6.45, 7) is 1.08. The van der Waals surface area contributed by atoms with Gasteiger partial charge in [0.05, 0.1) is 6.10 Å². The molecular weight excluding hydrogens is 271 g/mol. The molecule has 0 bridgehead atoms. The molecule has 21 heavy (non-hydrogen) atoms. The van der Waals surface area contributed by atoms with Crippen molar-refractivity contribution in [3.05, 3.63) is 35.6 Å². The van der Waals surface area contributed by atoms with Crippen LogP contribution in [0.4, 0.5) is 9.18 Å². The Morgan fingerprint density at radius 2 is 2.19 bits per heavy atom. The quantitative estimate of drug-likeness (QED) is 0.705. The second-order valence-electron chi connectivity index (χ2n) is 5.63. The van der Waals surface area contributed by atoms with Gasteiger partial charge >= 0.3 is 6.03 Å². The van der Waals surface area contributed by atoms with Gasteiger partial charge in [0.1, 0.15) is 5.82 Å². The second-order valence-corrected chi connectivity index (χ2v) is 5.63. The molecule has 0 saturated heterocycles. The number of nitrogens with one attached hydrogen (secondary N) is 2. The van der Waals surface area contributed by atoms with E-state index in [9.17, 15) is 14.3 Å². The van der Waals surface area contributed by atoms with Gasteiger partial charge in [-0.05, 0) is 43.4 Å². The largest absolute Gasteiger partial charge is 0.393 e. The Kier molecular flexibility index (Phi) is 5.99. The number of rotatable bonds is 6. The average Bonchev–Trinajstić information content (AvgIpc) is 2.87. The summed E-state index contributed by atoms with van der Waals surface area (Å²) in [6, 6.07) is 6.31. The second kappa shape index (κ2) is 7.98. The predicted octanol–water partition coefficient (Wildman–Crippen LogP) is 2.22. The smallest absolute Gasteiger partial charge is 0.314 e. The molecule has 1 aromatic rings. The summed E-state index contributed by atoms with van der Waals surface area (Å²) in [5, 5.41) is 15.2. The summed E-state index contributed by atoms with van der Waals surface area (Å²) in [5.74, 6) is -0.0450. The number of halogens is 1. The van der Waals surface area contributed by atoms with E-state index in [-0.39, 0.29) is 23.9 Å². The van der Waals surface area contributed by atoms with Gasteiger partial charge in [-0.15, -0.1) is 0 Å². The minimum absolute atomic E-state index is 0.183. The van der Waals surface area contributed by atoms with E-state index in [1.807, 2.05) is 6.07 Å². The number of aliphatic hydroxyl groups is 1. The molecule has 0 radical (unpaired) electrons. The fraction of sp³-hybridized carbons (Fsp3) is 0.562. The molecule has 2 amide bonds. The van der Waals surface area contributed by atoms with Crippen molar-refractivity contribution in [3.63, 3.8) is 0 Å². The van der Waals surface area contributed by atoms with Crippen molar-refractivity contribution < 1.29 is 14.3 Å². The van der Waals surface area contributed by atoms with Crippen molar-refractivity contribution in [2.75, 3.05) is 13.1 Å². The number of hydrogen-bond donors (Lipinski definition) is 3. The van der Waals surface area contributed by atoms with Crippen LogP contribution >= 0.6 is 0 Å². The zero-order valence-corrected chi connectivity index (χ0v) is 12.1. The van der Waals surface area contributed by atoms with Crippen LogP contribution in [0.5, 0.6) is 0 Å². The Hall–Kier alpha value is -1.62. The summed E-state index contributed by atoms with van der Waals surface area (Å²) in [5.41, 5.74) is 0.936. The van der Waals surface area contributed by atoms with E-state index in [2.05, 4.69) is 10.6 Å². The Bertz CT molecular complexity index is 467. The number of aliphatic hydroxyl groups excluding tert-OH is 1. The highest BCUT2D eigenvalue weighted by atomic mass is 19.1. The number of amides is 2. The monoisotopic (exact) mass is 294 g/mol. The van der Waals surface area contributed by atoms with E-state index in [0.717, 1.165) is 37.7 Å². The molecule has 1 aliphatic rings. The maximum atomic E-state index is 13.0. The van der Waals surface area contributed by atoms with Crippen molar-refractivity contribution >= 4 is 6.03 Å². The number of urea groups is 1. The van der Waals surface area contributed by atoms with Crippen LogP contribution in [0.3, 0.4) is 0 Å². The van der Waals surface area contributed by atoms with Gasteiger partial charge in [0.15, 0.2) is 0 Å². The standard InChI is InChI=1S/C16H23FN2O2/c17-14-7-1-4-12(10-14)5-3-9-18-16(21)19-11-13-6-2-8-15(13)20/h1,4,7,10,13,15,20H,2-3,5-6,8-9,11H2,(H2,18,19,21)/t13-,15-/m1/s1. The molecule has 0 heterocycles. The van der Waals surface area contributed by atoms with Crippen molar-refractivity contribution in [2.24, 2.45) is 5.92 Å². The van der Waals surface area contributed by atoms with Gasteiger partial charge in [-0.25, -0.2) is 9.18 Å². The number of carbonyl (C=O) groups excluding carboxylic acids is 1. The third-order valence-corrected chi connectivity index (χ3v) is 3.96. The minimum Gasteiger partial charge on any atom is -0.393 e. The summed E-state index contributed by atoms with van der Waals surface area (Å²) in [6.07, 6.45) is 4.06. The van der Waals surface area contributed by atoms with Crippen LogP contribution in [0, 0.1) is 11.7 Å². The lowest BCUT2D eigenvalue weighted by molar-refractivity contribution is 0.132. The Morgan fingerprint density at radius 1 is 1.33 bits per heavy atom. The van der Waals surface area contributed by atoms with Crippen LogP contribution < -0.4 is 10.6 Å². The molecule has 116 valence electrons. The summed E-state index contributed by atoms with van der Waals surface area (Å²) in [4.78, 5) is 11.6. The highest BCUT2D eigenvalue weighted by Crippen LogP contribution is 2.24. The SMILES string of the molecule is O=C(NCCCc1cccc(F)c1)NC[C@H]1CCC[C@H]1O.